The number of carbonyl (C=O) groups is 2. The van der Waals surface area contributed by atoms with E-state index in [0.29, 0.717) is 6.61 Å². The highest BCUT2D eigenvalue weighted by atomic mass is 16.6. The number of cyclic esters (lactones) is 1. The molecule has 0 aromatic heterocycles. The SMILES string of the molecule is CC(CC(=O)N1C(=O)OC(c2ccccc2)(c2ccccc2)C1C(C)C)OCc1ccccc1. The van der Waals surface area contributed by atoms with Crippen LogP contribution >= 0.6 is 0 Å². The summed E-state index contributed by atoms with van der Waals surface area (Å²) in [5, 5.41) is 0. The molecule has 1 heterocycles. The predicted molar refractivity (Wildman–Crippen MR) is 131 cm³/mol. The summed E-state index contributed by atoms with van der Waals surface area (Å²) in [4.78, 5) is 28.1. The van der Waals surface area contributed by atoms with Crippen molar-refractivity contribution in [3.8, 4) is 0 Å². The number of benzene rings is 3. The van der Waals surface area contributed by atoms with E-state index < -0.39 is 17.7 Å². The summed E-state index contributed by atoms with van der Waals surface area (Å²) >= 11 is 0. The van der Waals surface area contributed by atoms with Gasteiger partial charge in [-0.25, -0.2) is 9.69 Å². The molecule has 5 heteroatoms. The molecule has 5 nitrogen and oxygen atoms in total. The zero-order valence-corrected chi connectivity index (χ0v) is 19.9. The van der Waals surface area contributed by atoms with Gasteiger partial charge in [-0.1, -0.05) is 105 Å². The van der Waals surface area contributed by atoms with E-state index in [4.69, 9.17) is 9.47 Å². The van der Waals surface area contributed by atoms with E-state index in [2.05, 4.69) is 0 Å². The summed E-state index contributed by atoms with van der Waals surface area (Å²) in [6.45, 7) is 6.30. The lowest BCUT2D eigenvalue weighted by molar-refractivity contribution is -0.133. The number of carbonyl (C=O) groups excluding carboxylic acids is 2. The standard InChI is InChI=1S/C29H31NO4/c1-21(2)27-29(24-15-9-5-10-16-24,25-17-11-6-12-18-25)34-28(32)30(27)26(31)19-22(3)33-20-23-13-7-4-8-14-23/h4-18,21-22,27H,19-20H2,1-3H3. The van der Waals surface area contributed by atoms with E-state index in [9.17, 15) is 9.59 Å². The van der Waals surface area contributed by atoms with E-state index in [1.807, 2.05) is 112 Å². The second kappa shape index (κ2) is 10.2. The number of hydrogen-bond donors (Lipinski definition) is 0. The zero-order valence-electron chi connectivity index (χ0n) is 19.9. The third-order valence-electron chi connectivity index (χ3n) is 6.28. The van der Waals surface area contributed by atoms with Crippen molar-refractivity contribution in [2.24, 2.45) is 5.92 Å². The monoisotopic (exact) mass is 457 g/mol. The Morgan fingerprint density at radius 3 is 1.88 bits per heavy atom. The van der Waals surface area contributed by atoms with Crippen molar-refractivity contribution in [1.29, 1.82) is 0 Å². The molecule has 1 saturated heterocycles. The molecular formula is C29H31NO4. The Morgan fingerprint density at radius 1 is 0.882 bits per heavy atom. The second-order valence-electron chi connectivity index (χ2n) is 9.10. The molecule has 0 N–H and O–H groups in total. The summed E-state index contributed by atoms with van der Waals surface area (Å²) in [7, 11) is 0. The Morgan fingerprint density at radius 2 is 1.38 bits per heavy atom. The van der Waals surface area contributed by atoms with Crippen LogP contribution < -0.4 is 0 Å². The molecule has 1 aliphatic rings. The van der Waals surface area contributed by atoms with Crippen molar-refractivity contribution in [2.75, 3.05) is 0 Å². The molecule has 2 atom stereocenters. The predicted octanol–water partition coefficient (Wildman–Crippen LogP) is 5.93. The summed E-state index contributed by atoms with van der Waals surface area (Å²) in [5.74, 6) is -0.339. The fraction of sp³-hybridized carbons (Fsp3) is 0.310. The van der Waals surface area contributed by atoms with Crippen LogP contribution in [0.5, 0.6) is 0 Å². The van der Waals surface area contributed by atoms with Gasteiger partial charge in [-0.2, -0.15) is 0 Å². The van der Waals surface area contributed by atoms with Crippen LogP contribution in [0.15, 0.2) is 91.0 Å². The van der Waals surface area contributed by atoms with Crippen molar-refractivity contribution < 1.29 is 19.1 Å². The molecule has 1 fully saturated rings. The van der Waals surface area contributed by atoms with E-state index >= 15 is 0 Å². The minimum absolute atomic E-state index is 0.0450. The van der Waals surface area contributed by atoms with Crippen LogP contribution in [0.3, 0.4) is 0 Å². The highest BCUT2D eigenvalue weighted by Crippen LogP contribution is 2.47. The number of nitrogens with zero attached hydrogens (tertiary/aromatic N) is 1. The van der Waals surface area contributed by atoms with Gasteiger partial charge in [0.2, 0.25) is 5.91 Å². The average Bonchev–Trinajstić information content (AvgIpc) is 3.19. The minimum atomic E-state index is -1.09. The molecule has 1 aliphatic heterocycles. The molecular weight excluding hydrogens is 426 g/mol. The zero-order chi connectivity index (χ0) is 24.1. The minimum Gasteiger partial charge on any atom is -0.430 e. The molecule has 3 aromatic carbocycles. The van der Waals surface area contributed by atoms with Crippen molar-refractivity contribution in [2.45, 2.75) is 51.5 Å². The molecule has 34 heavy (non-hydrogen) atoms. The second-order valence-corrected chi connectivity index (χ2v) is 9.10. The Labute approximate surface area is 201 Å². The quantitative estimate of drug-likeness (QED) is 0.421. The van der Waals surface area contributed by atoms with Crippen LogP contribution in [0.2, 0.25) is 0 Å². The lowest BCUT2D eigenvalue weighted by atomic mass is 9.75. The Balaban J connectivity index is 1.63. The number of rotatable bonds is 8. The Hall–Kier alpha value is -3.44. The fourth-order valence-electron chi connectivity index (χ4n) is 4.78. The van der Waals surface area contributed by atoms with Crippen LogP contribution in [-0.4, -0.2) is 29.0 Å². The van der Waals surface area contributed by atoms with E-state index in [1.165, 1.54) is 4.90 Å². The first-order valence-electron chi connectivity index (χ1n) is 11.7. The largest absolute Gasteiger partial charge is 0.430 e. The summed E-state index contributed by atoms with van der Waals surface area (Å²) in [6.07, 6.45) is -0.881. The molecule has 2 unspecified atom stereocenters. The van der Waals surface area contributed by atoms with Gasteiger partial charge in [-0.15, -0.1) is 0 Å². The van der Waals surface area contributed by atoms with Gasteiger partial charge in [0.1, 0.15) is 0 Å². The van der Waals surface area contributed by atoms with Gasteiger partial charge in [0.05, 0.1) is 25.2 Å². The first kappa shape index (κ1) is 23.7. The molecule has 4 rings (SSSR count). The molecule has 176 valence electrons. The van der Waals surface area contributed by atoms with Crippen LogP contribution in [0.4, 0.5) is 4.79 Å². The van der Waals surface area contributed by atoms with Gasteiger partial charge in [-0.3, -0.25) is 4.79 Å². The highest BCUT2D eigenvalue weighted by Gasteiger charge is 2.59. The van der Waals surface area contributed by atoms with Crippen LogP contribution in [0.25, 0.3) is 0 Å². The maximum Gasteiger partial charge on any atom is 0.418 e. The highest BCUT2D eigenvalue weighted by molar-refractivity contribution is 5.95. The normalized spacial score (nSPS) is 18.1. The molecule has 2 amide bonds. The van der Waals surface area contributed by atoms with Crippen LogP contribution in [-0.2, 0) is 26.5 Å². The van der Waals surface area contributed by atoms with E-state index in [-0.39, 0.29) is 24.3 Å². The third-order valence-corrected chi connectivity index (χ3v) is 6.28. The van der Waals surface area contributed by atoms with Gasteiger partial charge in [-0.05, 0) is 18.4 Å². The van der Waals surface area contributed by atoms with Gasteiger partial charge >= 0.3 is 6.09 Å². The smallest absolute Gasteiger partial charge is 0.418 e. The summed E-state index contributed by atoms with van der Waals surface area (Å²) in [5.41, 5.74) is 1.64. The lowest BCUT2D eigenvalue weighted by Crippen LogP contribution is -2.50. The average molecular weight is 458 g/mol. The maximum atomic E-state index is 13.5. The molecule has 3 aromatic rings. The molecule has 0 radical (unpaired) electrons. The first-order valence-corrected chi connectivity index (χ1v) is 11.7. The van der Waals surface area contributed by atoms with Crippen molar-refractivity contribution in [1.82, 2.24) is 4.90 Å². The van der Waals surface area contributed by atoms with E-state index in [1.54, 1.807) is 0 Å². The maximum absolute atomic E-state index is 13.5. The number of ether oxygens (including phenoxy) is 2. The number of imide groups is 1. The third kappa shape index (κ3) is 4.62. The Bertz CT molecular complexity index is 1060. The van der Waals surface area contributed by atoms with Gasteiger partial charge in [0.15, 0.2) is 5.60 Å². The number of amides is 2. The van der Waals surface area contributed by atoms with Crippen LogP contribution in [0, 0.1) is 5.92 Å². The van der Waals surface area contributed by atoms with Crippen molar-refractivity contribution in [3.05, 3.63) is 108 Å². The molecule has 0 aliphatic carbocycles. The van der Waals surface area contributed by atoms with Gasteiger partial charge < -0.3 is 9.47 Å². The summed E-state index contributed by atoms with van der Waals surface area (Å²) < 4.78 is 12.1. The van der Waals surface area contributed by atoms with E-state index in [0.717, 1.165) is 16.7 Å². The fourth-order valence-corrected chi connectivity index (χ4v) is 4.78. The molecule has 0 spiro atoms. The summed E-state index contributed by atoms with van der Waals surface area (Å²) in [6, 6.07) is 28.7. The first-order chi connectivity index (χ1) is 16.4. The van der Waals surface area contributed by atoms with Gasteiger partial charge in [0, 0.05) is 11.1 Å². The lowest BCUT2D eigenvalue weighted by Gasteiger charge is -2.37. The molecule has 0 bridgehead atoms. The van der Waals surface area contributed by atoms with Gasteiger partial charge in [0.25, 0.3) is 0 Å². The Kier molecular flexibility index (Phi) is 7.13. The topological polar surface area (TPSA) is 55.8 Å². The van der Waals surface area contributed by atoms with Crippen LogP contribution in [0.1, 0.15) is 43.9 Å². The van der Waals surface area contributed by atoms with Crippen molar-refractivity contribution in [3.63, 3.8) is 0 Å². The number of hydrogen-bond acceptors (Lipinski definition) is 4. The van der Waals surface area contributed by atoms with Crippen molar-refractivity contribution >= 4 is 12.0 Å². The molecule has 0 saturated carbocycles.